The van der Waals surface area contributed by atoms with Gasteiger partial charge in [-0.1, -0.05) is 36.5 Å². The lowest BCUT2D eigenvalue weighted by molar-refractivity contribution is 1.20. The highest BCUT2D eigenvalue weighted by molar-refractivity contribution is 7.80. The van der Waals surface area contributed by atoms with Crippen molar-refractivity contribution in [1.29, 1.82) is 0 Å². The Balaban J connectivity index is 2.09. The number of hydrogen-bond acceptors (Lipinski definition) is 3. The average Bonchev–Trinajstić information content (AvgIpc) is 2.49. The van der Waals surface area contributed by atoms with Gasteiger partial charge in [0, 0.05) is 22.3 Å². The van der Waals surface area contributed by atoms with Crippen molar-refractivity contribution in [2.24, 2.45) is 5.73 Å². The van der Waals surface area contributed by atoms with Gasteiger partial charge in [0.25, 0.3) is 0 Å². The van der Waals surface area contributed by atoms with Crippen LogP contribution in [0.1, 0.15) is 11.3 Å². The molecule has 0 amide bonds. The fourth-order valence-corrected chi connectivity index (χ4v) is 2.50. The van der Waals surface area contributed by atoms with Crippen LogP contribution in [0, 0.1) is 6.92 Å². The minimum absolute atomic E-state index is 0.412. The molecule has 3 nitrogen and oxygen atoms in total. The Morgan fingerprint density at radius 3 is 2.48 bits per heavy atom. The van der Waals surface area contributed by atoms with Crippen LogP contribution in [0.15, 0.2) is 54.7 Å². The summed E-state index contributed by atoms with van der Waals surface area (Å²) in [6.45, 7) is 1.97. The lowest BCUT2D eigenvalue weighted by atomic mass is 10.0. The first-order valence-corrected chi connectivity index (χ1v) is 7.07. The van der Waals surface area contributed by atoms with Gasteiger partial charge >= 0.3 is 0 Å². The third-order valence-corrected chi connectivity index (χ3v) is 3.60. The molecule has 4 heteroatoms. The molecule has 0 unspecified atom stereocenters. The van der Waals surface area contributed by atoms with E-state index in [1.807, 2.05) is 55.6 Å². The molecule has 0 atom stereocenters. The van der Waals surface area contributed by atoms with Gasteiger partial charge in [-0.2, -0.15) is 0 Å². The smallest absolute Gasteiger partial charge is 0.104 e. The number of nitrogens with zero attached hydrogens (tertiary/aromatic N) is 1. The summed E-state index contributed by atoms with van der Waals surface area (Å²) < 4.78 is 0. The van der Waals surface area contributed by atoms with E-state index >= 15 is 0 Å². The summed E-state index contributed by atoms with van der Waals surface area (Å²) in [6, 6.07) is 16.0. The van der Waals surface area contributed by atoms with E-state index in [0.717, 1.165) is 33.4 Å². The number of anilines is 2. The van der Waals surface area contributed by atoms with E-state index in [4.69, 9.17) is 18.0 Å². The minimum atomic E-state index is 0.412. The maximum absolute atomic E-state index is 5.80. The fraction of sp³-hybridized carbons (Fsp3) is 0.0588. The van der Waals surface area contributed by atoms with Gasteiger partial charge in [-0.25, -0.2) is 0 Å². The second kappa shape index (κ2) is 5.50. The molecule has 3 aromatic rings. The number of aryl methyl sites for hydroxylation is 1. The molecule has 104 valence electrons. The monoisotopic (exact) mass is 293 g/mol. The molecule has 0 radical (unpaired) electrons. The zero-order chi connectivity index (χ0) is 14.8. The fourth-order valence-electron chi connectivity index (χ4n) is 2.32. The topological polar surface area (TPSA) is 50.9 Å². The Bertz CT molecular complexity index is 810. The number of thiocarbonyl (C=S) groups is 1. The quantitative estimate of drug-likeness (QED) is 0.719. The van der Waals surface area contributed by atoms with Crippen LogP contribution in [0.4, 0.5) is 11.4 Å². The van der Waals surface area contributed by atoms with E-state index in [-0.39, 0.29) is 0 Å². The maximum Gasteiger partial charge on any atom is 0.104 e. The Labute approximate surface area is 128 Å². The number of nitrogens with two attached hydrogens (primary N) is 1. The zero-order valence-electron chi connectivity index (χ0n) is 11.6. The molecule has 0 aliphatic carbocycles. The highest BCUT2D eigenvalue weighted by Crippen LogP contribution is 2.29. The van der Waals surface area contributed by atoms with Crippen LogP contribution in [0.2, 0.25) is 0 Å². The van der Waals surface area contributed by atoms with Crippen LogP contribution in [0.3, 0.4) is 0 Å². The summed E-state index contributed by atoms with van der Waals surface area (Å²) in [6.07, 6.45) is 1.82. The molecule has 0 spiro atoms. The van der Waals surface area contributed by atoms with Gasteiger partial charge < -0.3 is 11.1 Å². The normalized spacial score (nSPS) is 10.5. The molecule has 0 saturated heterocycles. The molecule has 1 heterocycles. The minimum Gasteiger partial charge on any atom is -0.389 e. The van der Waals surface area contributed by atoms with Crippen LogP contribution in [0.5, 0.6) is 0 Å². The lowest BCUT2D eigenvalue weighted by Crippen LogP contribution is -2.10. The van der Waals surface area contributed by atoms with E-state index in [0.29, 0.717) is 4.99 Å². The van der Waals surface area contributed by atoms with Gasteiger partial charge in [-0.15, -0.1) is 0 Å². The summed E-state index contributed by atoms with van der Waals surface area (Å²) in [7, 11) is 0. The predicted molar refractivity (Wildman–Crippen MR) is 92.1 cm³/mol. The van der Waals surface area contributed by atoms with Gasteiger partial charge in [0.15, 0.2) is 0 Å². The molecule has 0 aliphatic rings. The van der Waals surface area contributed by atoms with Crippen molar-refractivity contribution < 1.29 is 0 Å². The number of pyridine rings is 1. The molecule has 0 fully saturated rings. The summed E-state index contributed by atoms with van der Waals surface area (Å²) in [5.74, 6) is 0. The van der Waals surface area contributed by atoms with Crippen molar-refractivity contribution in [1.82, 2.24) is 4.98 Å². The molecule has 21 heavy (non-hydrogen) atoms. The molecular weight excluding hydrogens is 278 g/mol. The molecular formula is C17H15N3S. The summed E-state index contributed by atoms with van der Waals surface area (Å²) in [5, 5.41) is 5.53. The number of aromatic nitrogens is 1. The van der Waals surface area contributed by atoms with E-state index in [2.05, 4.69) is 16.4 Å². The van der Waals surface area contributed by atoms with Crippen LogP contribution in [-0.2, 0) is 0 Å². The van der Waals surface area contributed by atoms with Crippen LogP contribution < -0.4 is 11.1 Å². The second-order valence-electron chi connectivity index (χ2n) is 4.88. The van der Waals surface area contributed by atoms with Crippen molar-refractivity contribution >= 4 is 39.4 Å². The van der Waals surface area contributed by atoms with E-state index in [9.17, 15) is 0 Å². The maximum atomic E-state index is 5.80. The zero-order valence-corrected chi connectivity index (χ0v) is 12.4. The first-order chi connectivity index (χ1) is 10.1. The Hall–Kier alpha value is -2.46. The van der Waals surface area contributed by atoms with E-state index in [1.165, 1.54) is 0 Å². The number of fused-ring (bicyclic) bond motifs is 1. The van der Waals surface area contributed by atoms with Gasteiger partial charge in [-0.3, -0.25) is 4.98 Å². The van der Waals surface area contributed by atoms with Crippen LogP contribution in [-0.4, -0.2) is 9.97 Å². The Morgan fingerprint density at radius 1 is 1.05 bits per heavy atom. The van der Waals surface area contributed by atoms with Crippen molar-refractivity contribution in [2.45, 2.75) is 6.92 Å². The molecule has 0 saturated carbocycles. The molecule has 0 aliphatic heterocycles. The first-order valence-electron chi connectivity index (χ1n) is 6.66. The third kappa shape index (κ3) is 2.71. The Morgan fingerprint density at radius 2 is 1.81 bits per heavy atom. The van der Waals surface area contributed by atoms with Gasteiger partial charge in [-0.05, 0) is 36.6 Å². The number of nitrogens with one attached hydrogen (secondary N) is 1. The molecule has 3 N–H and O–H groups in total. The van der Waals surface area contributed by atoms with Crippen molar-refractivity contribution in [2.75, 3.05) is 5.32 Å². The van der Waals surface area contributed by atoms with Crippen molar-refractivity contribution in [3.8, 4) is 0 Å². The van der Waals surface area contributed by atoms with Crippen molar-refractivity contribution in [3.05, 3.63) is 66.0 Å². The predicted octanol–water partition coefficient (Wildman–Crippen LogP) is 3.92. The number of rotatable bonds is 3. The average molecular weight is 293 g/mol. The van der Waals surface area contributed by atoms with E-state index < -0.39 is 0 Å². The summed E-state index contributed by atoms with van der Waals surface area (Å²) >= 11 is 5.12. The van der Waals surface area contributed by atoms with E-state index in [1.54, 1.807) is 0 Å². The first kappa shape index (κ1) is 13.5. The number of benzene rings is 2. The van der Waals surface area contributed by atoms with Gasteiger partial charge in [0.2, 0.25) is 0 Å². The second-order valence-corrected chi connectivity index (χ2v) is 5.32. The van der Waals surface area contributed by atoms with Gasteiger partial charge in [0.1, 0.15) is 4.99 Å². The highest BCUT2D eigenvalue weighted by Gasteiger charge is 2.07. The standard InChI is InChI=1S/C17H15N3S/c1-11-6-7-12(10-19-11)20-16-9-8-15(17(18)21)13-4-2-3-5-14(13)16/h2-10,20H,1H3,(H2,18,21). The molecule has 1 aromatic heterocycles. The summed E-state index contributed by atoms with van der Waals surface area (Å²) in [4.78, 5) is 4.71. The SMILES string of the molecule is Cc1ccc(Nc2ccc(C(N)=S)c3ccccc23)cn1. The summed E-state index contributed by atoms with van der Waals surface area (Å²) in [5.41, 5.74) is 9.65. The number of hydrogen-bond donors (Lipinski definition) is 2. The molecule has 0 bridgehead atoms. The van der Waals surface area contributed by atoms with Crippen LogP contribution >= 0.6 is 12.2 Å². The Kier molecular flexibility index (Phi) is 3.54. The van der Waals surface area contributed by atoms with Gasteiger partial charge in [0.05, 0.1) is 11.9 Å². The lowest BCUT2D eigenvalue weighted by Gasteiger charge is -2.12. The molecule has 2 aromatic carbocycles. The van der Waals surface area contributed by atoms with Crippen molar-refractivity contribution in [3.63, 3.8) is 0 Å². The highest BCUT2D eigenvalue weighted by atomic mass is 32.1. The third-order valence-electron chi connectivity index (χ3n) is 3.38. The molecule has 3 rings (SSSR count). The van der Waals surface area contributed by atoms with Crippen LogP contribution in [0.25, 0.3) is 10.8 Å². The largest absolute Gasteiger partial charge is 0.389 e.